The monoisotopic (exact) mass is 234 g/mol. The summed E-state index contributed by atoms with van der Waals surface area (Å²) in [6.45, 7) is 2.84. The SMILES string of the molecule is CC(N)C(OCC1CCCC1)c1ccncc1. The predicted molar refractivity (Wildman–Crippen MR) is 68.5 cm³/mol. The summed E-state index contributed by atoms with van der Waals surface area (Å²) in [6.07, 6.45) is 8.91. The third kappa shape index (κ3) is 3.51. The Morgan fingerprint density at radius 1 is 1.35 bits per heavy atom. The molecule has 17 heavy (non-hydrogen) atoms. The van der Waals surface area contributed by atoms with Crippen LogP contribution < -0.4 is 5.73 Å². The van der Waals surface area contributed by atoms with Crippen LogP contribution >= 0.6 is 0 Å². The minimum atomic E-state index is -0.00130. The maximum Gasteiger partial charge on any atom is 0.0974 e. The lowest BCUT2D eigenvalue weighted by molar-refractivity contribution is 0.0168. The maximum absolute atomic E-state index is 6.02. The summed E-state index contributed by atoms with van der Waals surface area (Å²) in [5.74, 6) is 0.734. The molecule has 2 N–H and O–H groups in total. The van der Waals surface area contributed by atoms with Crippen LogP contribution in [0, 0.1) is 5.92 Å². The number of nitrogens with two attached hydrogens (primary N) is 1. The summed E-state index contributed by atoms with van der Waals surface area (Å²) in [5.41, 5.74) is 7.14. The largest absolute Gasteiger partial charge is 0.372 e. The number of aromatic nitrogens is 1. The van der Waals surface area contributed by atoms with E-state index in [9.17, 15) is 0 Å². The van der Waals surface area contributed by atoms with Crippen molar-refractivity contribution in [3.63, 3.8) is 0 Å². The van der Waals surface area contributed by atoms with Crippen LogP contribution in [0.1, 0.15) is 44.3 Å². The molecule has 2 atom stereocenters. The van der Waals surface area contributed by atoms with Gasteiger partial charge in [-0.2, -0.15) is 0 Å². The van der Waals surface area contributed by atoms with Crippen molar-refractivity contribution in [3.05, 3.63) is 30.1 Å². The molecule has 94 valence electrons. The molecule has 0 amide bonds. The summed E-state index contributed by atoms with van der Waals surface area (Å²) < 4.78 is 6.02. The summed E-state index contributed by atoms with van der Waals surface area (Å²) in [5, 5.41) is 0. The van der Waals surface area contributed by atoms with Crippen molar-refractivity contribution in [1.29, 1.82) is 0 Å². The van der Waals surface area contributed by atoms with Crippen LogP contribution in [-0.4, -0.2) is 17.6 Å². The molecule has 2 rings (SSSR count). The van der Waals surface area contributed by atoms with Gasteiger partial charge >= 0.3 is 0 Å². The fourth-order valence-corrected chi connectivity index (χ4v) is 2.52. The molecule has 0 saturated heterocycles. The highest BCUT2D eigenvalue weighted by atomic mass is 16.5. The number of hydrogen-bond donors (Lipinski definition) is 1. The van der Waals surface area contributed by atoms with Gasteiger partial charge in [-0.05, 0) is 43.4 Å². The highest BCUT2D eigenvalue weighted by Gasteiger charge is 2.21. The average Bonchev–Trinajstić information content (AvgIpc) is 2.83. The zero-order valence-corrected chi connectivity index (χ0v) is 10.5. The first kappa shape index (κ1) is 12.5. The van der Waals surface area contributed by atoms with Crippen LogP contribution in [0.2, 0.25) is 0 Å². The summed E-state index contributed by atoms with van der Waals surface area (Å²) >= 11 is 0. The Balaban J connectivity index is 1.93. The zero-order chi connectivity index (χ0) is 12.1. The van der Waals surface area contributed by atoms with Crippen molar-refractivity contribution in [2.45, 2.75) is 44.8 Å². The Bertz CT molecular complexity index is 320. The third-order valence-corrected chi connectivity index (χ3v) is 3.50. The van der Waals surface area contributed by atoms with E-state index in [0.717, 1.165) is 18.1 Å². The van der Waals surface area contributed by atoms with Gasteiger partial charge in [0.1, 0.15) is 0 Å². The Labute approximate surface area is 103 Å². The fraction of sp³-hybridized carbons (Fsp3) is 0.643. The molecule has 1 aliphatic rings. The highest BCUT2D eigenvalue weighted by molar-refractivity contribution is 5.14. The van der Waals surface area contributed by atoms with Crippen molar-refractivity contribution >= 4 is 0 Å². The fourth-order valence-electron chi connectivity index (χ4n) is 2.52. The zero-order valence-electron chi connectivity index (χ0n) is 10.5. The number of hydrogen-bond acceptors (Lipinski definition) is 3. The summed E-state index contributed by atoms with van der Waals surface area (Å²) in [7, 11) is 0. The van der Waals surface area contributed by atoms with Gasteiger partial charge in [-0.3, -0.25) is 4.98 Å². The molecule has 0 aromatic carbocycles. The van der Waals surface area contributed by atoms with Gasteiger partial charge in [-0.15, -0.1) is 0 Å². The van der Waals surface area contributed by atoms with Crippen molar-refractivity contribution in [2.75, 3.05) is 6.61 Å². The molecule has 0 spiro atoms. The van der Waals surface area contributed by atoms with Crippen molar-refractivity contribution < 1.29 is 4.74 Å². The Morgan fingerprint density at radius 2 is 2.00 bits per heavy atom. The Hall–Kier alpha value is -0.930. The van der Waals surface area contributed by atoms with Crippen LogP contribution in [0.15, 0.2) is 24.5 Å². The van der Waals surface area contributed by atoms with Crippen molar-refractivity contribution in [2.24, 2.45) is 11.7 Å². The molecule has 1 aromatic heterocycles. The first-order valence-corrected chi connectivity index (χ1v) is 6.54. The molecular weight excluding hydrogens is 212 g/mol. The van der Waals surface area contributed by atoms with Crippen molar-refractivity contribution in [1.82, 2.24) is 4.98 Å². The van der Waals surface area contributed by atoms with Crippen LogP contribution in [0.3, 0.4) is 0 Å². The number of rotatable bonds is 5. The van der Waals surface area contributed by atoms with Crippen molar-refractivity contribution in [3.8, 4) is 0 Å². The van der Waals surface area contributed by atoms with E-state index in [2.05, 4.69) is 4.98 Å². The number of ether oxygens (including phenoxy) is 1. The standard InChI is InChI=1S/C14H22N2O/c1-11(15)14(13-6-8-16-9-7-13)17-10-12-4-2-3-5-12/h6-9,11-12,14H,2-5,10,15H2,1H3. The Morgan fingerprint density at radius 3 is 2.59 bits per heavy atom. The minimum Gasteiger partial charge on any atom is -0.372 e. The minimum absolute atomic E-state index is 0.00130. The van der Waals surface area contributed by atoms with E-state index in [0.29, 0.717) is 0 Å². The summed E-state index contributed by atoms with van der Waals surface area (Å²) in [4.78, 5) is 4.03. The lowest BCUT2D eigenvalue weighted by Crippen LogP contribution is -2.28. The number of nitrogens with zero attached hydrogens (tertiary/aromatic N) is 1. The molecule has 2 unspecified atom stereocenters. The predicted octanol–water partition coefficient (Wildman–Crippen LogP) is 2.68. The molecular formula is C14H22N2O. The third-order valence-electron chi connectivity index (χ3n) is 3.50. The second-order valence-electron chi connectivity index (χ2n) is 5.04. The van der Waals surface area contributed by atoms with Gasteiger partial charge in [0.05, 0.1) is 12.7 Å². The van der Waals surface area contributed by atoms with E-state index in [4.69, 9.17) is 10.5 Å². The molecule has 0 aliphatic heterocycles. The topological polar surface area (TPSA) is 48.1 Å². The van der Waals surface area contributed by atoms with Gasteiger partial charge in [0.2, 0.25) is 0 Å². The molecule has 1 aliphatic carbocycles. The lowest BCUT2D eigenvalue weighted by Gasteiger charge is -2.23. The van der Waals surface area contributed by atoms with E-state index in [1.165, 1.54) is 25.7 Å². The van der Waals surface area contributed by atoms with E-state index in [1.54, 1.807) is 12.4 Å². The molecule has 1 fully saturated rings. The van der Waals surface area contributed by atoms with E-state index in [-0.39, 0.29) is 12.1 Å². The Kier molecular flexibility index (Phi) is 4.51. The molecule has 1 aromatic rings. The molecule has 1 saturated carbocycles. The van der Waals surface area contributed by atoms with Crippen LogP contribution in [-0.2, 0) is 4.74 Å². The van der Waals surface area contributed by atoms with Gasteiger partial charge in [-0.25, -0.2) is 0 Å². The van der Waals surface area contributed by atoms with Gasteiger partial charge in [0, 0.05) is 18.4 Å². The first-order valence-electron chi connectivity index (χ1n) is 6.54. The number of pyridine rings is 1. The highest BCUT2D eigenvalue weighted by Crippen LogP contribution is 2.28. The maximum atomic E-state index is 6.02. The average molecular weight is 234 g/mol. The quantitative estimate of drug-likeness (QED) is 0.852. The molecule has 0 radical (unpaired) electrons. The first-order chi connectivity index (χ1) is 8.27. The smallest absolute Gasteiger partial charge is 0.0974 e. The van der Waals surface area contributed by atoms with Crippen LogP contribution in [0.5, 0.6) is 0 Å². The molecule has 3 heteroatoms. The van der Waals surface area contributed by atoms with E-state index in [1.807, 2.05) is 19.1 Å². The van der Waals surface area contributed by atoms with Gasteiger partial charge < -0.3 is 10.5 Å². The lowest BCUT2D eigenvalue weighted by atomic mass is 10.0. The second kappa shape index (κ2) is 6.12. The summed E-state index contributed by atoms with van der Waals surface area (Å²) in [6, 6.07) is 3.99. The molecule has 0 bridgehead atoms. The van der Waals surface area contributed by atoms with E-state index >= 15 is 0 Å². The van der Waals surface area contributed by atoms with Crippen LogP contribution in [0.4, 0.5) is 0 Å². The normalized spacial score (nSPS) is 20.4. The van der Waals surface area contributed by atoms with Gasteiger partial charge in [0.25, 0.3) is 0 Å². The molecule has 1 heterocycles. The second-order valence-corrected chi connectivity index (χ2v) is 5.04. The van der Waals surface area contributed by atoms with Gasteiger partial charge in [0.15, 0.2) is 0 Å². The van der Waals surface area contributed by atoms with Gasteiger partial charge in [-0.1, -0.05) is 12.8 Å². The molecule has 3 nitrogen and oxygen atoms in total. The van der Waals surface area contributed by atoms with E-state index < -0.39 is 0 Å². The van der Waals surface area contributed by atoms with Crippen LogP contribution in [0.25, 0.3) is 0 Å².